The molecule has 1 heterocycles. The number of unbranched alkanes of at least 4 members (excludes halogenated alkanes) is 13. The van der Waals surface area contributed by atoms with Crippen LogP contribution in [0, 0.1) is 0 Å². The fraction of sp³-hybridized carbons (Fsp3) is 1.00. The molecular formula is C22H45BO2. The molecular weight excluding hydrogens is 307 g/mol. The fourth-order valence-corrected chi connectivity index (χ4v) is 3.78. The molecule has 0 aromatic carbocycles. The zero-order chi connectivity index (χ0) is 18.0. The van der Waals surface area contributed by atoms with E-state index in [-0.39, 0.29) is 7.12 Å². The molecule has 0 N–H and O–H groups in total. The predicted molar refractivity (Wildman–Crippen MR) is 111 cm³/mol. The van der Waals surface area contributed by atoms with E-state index >= 15 is 0 Å². The van der Waals surface area contributed by atoms with Crippen molar-refractivity contribution < 1.29 is 9.31 Å². The molecule has 0 radical (unpaired) electrons. The van der Waals surface area contributed by atoms with E-state index in [9.17, 15) is 0 Å². The lowest BCUT2D eigenvalue weighted by atomic mass is 9.80. The van der Waals surface area contributed by atoms with Crippen molar-refractivity contribution in [1.29, 1.82) is 0 Å². The summed E-state index contributed by atoms with van der Waals surface area (Å²) >= 11 is 0. The molecule has 1 atom stereocenters. The normalized spacial score (nSPS) is 18.0. The summed E-state index contributed by atoms with van der Waals surface area (Å²) in [6.07, 6.45) is 24.9. The van der Waals surface area contributed by atoms with Crippen LogP contribution in [0.1, 0.15) is 123 Å². The van der Waals surface area contributed by atoms with Gasteiger partial charge in [0.25, 0.3) is 0 Å². The Balaban J connectivity index is 1.81. The highest BCUT2D eigenvalue weighted by molar-refractivity contribution is 6.44. The van der Waals surface area contributed by atoms with Gasteiger partial charge in [-0.25, -0.2) is 0 Å². The van der Waals surface area contributed by atoms with Crippen LogP contribution in [0.4, 0.5) is 0 Å². The Kier molecular flexibility index (Phi) is 16.0. The molecule has 0 saturated carbocycles. The zero-order valence-electron chi connectivity index (χ0n) is 17.4. The van der Waals surface area contributed by atoms with Crippen molar-refractivity contribution in [1.82, 2.24) is 0 Å². The van der Waals surface area contributed by atoms with Crippen LogP contribution in [0.2, 0.25) is 6.32 Å². The fourth-order valence-electron chi connectivity index (χ4n) is 3.78. The van der Waals surface area contributed by atoms with Crippen LogP contribution in [-0.2, 0) is 9.31 Å². The summed E-state index contributed by atoms with van der Waals surface area (Å²) in [4.78, 5) is 0. The van der Waals surface area contributed by atoms with E-state index < -0.39 is 0 Å². The van der Waals surface area contributed by atoms with E-state index in [2.05, 4.69) is 13.8 Å². The van der Waals surface area contributed by atoms with Crippen molar-refractivity contribution in [3.05, 3.63) is 0 Å². The SMILES string of the molecule is CCCCCCCCCCCCCCCC1CCOB(CCCC)O1. The van der Waals surface area contributed by atoms with E-state index in [0.717, 1.165) is 19.3 Å². The third-order valence-corrected chi connectivity index (χ3v) is 5.51. The van der Waals surface area contributed by atoms with Gasteiger partial charge in [0.05, 0.1) is 0 Å². The highest BCUT2D eigenvalue weighted by atomic mass is 16.6. The maximum Gasteiger partial charge on any atom is 0.457 e. The lowest BCUT2D eigenvalue weighted by molar-refractivity contribution is 0.0601. The number of rotatable bonds is 17. The molecule has 0 aromatic rings. The Morgan fingerprint density at radius 2 is 1.20 bits per heavy atom. The van der Waals surface area contributed by atoms with Crippen LogP contribution in [-0.4, -0.2) is 19.8 Å². The van der Waals surface area contributed by atoms with Gasteiger partial charge in [0, 0.05) is 12.7 Å². The van der Waals surface area contributed by atoms with Gasteiger partial charge in [-0.2, -0.15) is 0 Å². The summed E-state index contributed by atoms with van der Waals surface area (Å²) in [7, 11) is 0.0840. The van der Waals surface area contributed by atoms with Crippen molar-refractivity contribution in [2.24, 2.45) is 0 Å². The molecule has 1 rings (SSSR count). The van der Waals surface area contributed by atoms with Gasteiger partial charge >= 0.3 is 7.12 Å². The average molecular weight is 352 g/mol. The Bertz CT molecular complexity index is 273. The quantitative estimate of drug-likeness (QED) is 0.199. The minimum absolute atomic E-state index is 0.0840. The van der Waals surface area contributed by atoms with E-state index in [1.54, 1.807) is 0 Å². The van der Waals surface area contributed by atoms with Crippen molar-refractivity contribution in [2.45, 2.75) is 135 Å². The first-order chi connectivity index (χ1) is 12.4. The van der Waals surface area contributed by atoms with Crippen molar-refractivity contribution >= 4 is 7.12 Å². The third kappa shape index (κ3) is 13.8. The second kappa shape index (κ2) is 17.4. The van der Waals surface area contributed by atoms with Crippen molar-refractivity contribution in [2.75, 3.05) is 6.61 Å². The van der Waals surface area contributed by atoms with Crippen LogP contribution >= 0.6 is 0 Å². The van der Waals surface area contributed by atoms with Gasteiger partial charge in [0.15, 0.2) is 0 Å². The van der Waals surface area contributed by atoms with E-state index in [1.807, 2.05) is 0 Å². The molecule has 148 valence electrons. The van der Waals surface area contributed by atoms with Crippen LogP contribution in [0.5, 0.6) is 0 Å². The zero-order valence-corrected chi connectivity index (χ0v) is 17.4. The highest BCUT2D eigenvalue weighted by Crippen LogP contribution is 2.20. The second-order valence-corrected chi connectivity index (χ2v) is 8.02. The predicted octanol–water partition coefficient (Wildman–Crippen LogP) is 7.56. The van der Waals surface area contributed by atoms with Gasteiger partial charge in [-0.05, 0) is 19.2 Å². The van der Waals surface area contributed by atoms with Crippen LogP contribution in [0.25, 0.3) is 0 Å². The van der Waals surface area contributed by atoms with Gasteiger partial charge < -0.3 is 9.31 Å². The Morgan fingerprint density at radius 3 is 1.76 bits per heavy atom. The summed E-state index contributed by atoms with van der Waals surface area (Å²) in [5.41, 5.74) is 0. The Labute approximate surface area is 159 Å². The molecule has 0 bridgehead atoms. The molecule has 0 amide bonds. The van der Waals surface area contributed by atoms with E-state index in [0.29, 0.717) is 6.10 Å². The standard InChI is InChI=1S/C22H45BO2/c1-3-5-7-8-9-10-11-12-13-14-15-16-17-18-22-19-21-24-23(25-22)20-6-4-2/h22H,3-21H2,1-2H3. The summed E-state index contributed by atoms with van der Waals surface area (Å²) in [5.74, 6) is 0. The maximum absolute atomic E-state index is 6.07. The topological polar surface area (TPSA) is 18.5 Å². The molecule has 1 aliphatic heterocycles. The first-order valence-corrected chi connectivity index (χ1v) is 11.6. The molecule has 2 nitrogen and oxygen atoms in total. The van der Waals surface area contributed by atoms with Gasteiger partial charge in [-0.1, -0.05) is 110 Å². The molecule has 3 heteroatoms. The molecule has 0 spiro atoms. The lowest BCUT2D eigenvalue weighted by Gasteiger charge is -2.28. The van der Waals surface area contributed by atoms with Gasteiger partial charge in [-0.3, -0.25) is 0 Å². The molecule has 1 fully saturated rings. The number of hydrogen-bond donors (Lipinski definition) is 0. The van der Waals surface area contributed by atoms with Crippen molar-refractivity contribution in [3.63, 3.8) is 0 Å². The summed E-state index contributed by atoms with van der Waals surface area (Å²) in [6.45, 7) is 5.42. The van der Waals surface area contributed by atoms with Crippen LogP contribution in [0.3, 0.4) is 0 Å². The van der Waals surface area contributed by atoms with Gasteiger partial charge in [0.2, 0.25) is 0 Å². The maximum atomic E-state index is 6.07. The highest BCUT2D eigenvalue weighted by Gasteiger charge is 2.26. The third-order valence-electron chi connectivity index (χ3n) is 5.51. The monoisotopic (exact) mass is 352 g/mol. The number of hydrogen-bond acceptors (Lipinski definition) is 2. The average Bonchev–Trinajstić information content (AvgIpc) is 2.64. The lowest BCUT2D eigenvalue weighted by Crippen LogP contribution is -2.35. The molecule has 0 aliphatic carbocycles. The minimum Gasteiger partial charge on any atom is -0.411 e. The van der Waals surface area contributed by atoms with E-state index in [4.69, 9.17) is 9.31 Å². The van der Waals surface area contributed by atoms with E-state index in [1.165, 1.54) is 103 Å². The van der Waals surface area contributed by atoms with Crippen molar-refractivity contribution in [3.8, 4) is 0 Å². The Hall–Kier alpha value is -0.0151. The first kappa shape index (κ1) is 23.0. The van der Waals surface area contributed by atoms with Gasteiger partial charge in [0.1, 0.15) is 0 Å². The largest absolute Gasteiger partial charge is 0.457 e. The molecule has 1 saturated heterocycles. The van der Waals surface area contributed by atoms with Crippen LogP contribution in [0.15, 0.2) is 0 Å². The second-order valence-electron chi connectivity index (χ2n) is 8.02. The molecule has 1 aliphatic rings. The van der Waals surface area contributed by atoms with Crippen LogP contribution < -0.4 is 0 Å². The summed E-state index contributed by atoms with van der Waals surface area (Å²) in [6, 6.07) is 0. The summed E-state index contributed by atoms with van der Waals surface area (Å²) in [5, 5.41) is 0. The molecule has 25 heavy (non-hydrogen) atoms. The smallest absolute Gasteiger partial charge is 0.411 e. The first-order valence-electron chi connectivity index (χ1n) is 11.6. The molecule has 1 unspecified atom stereocenters. The summed E-state index contributed by atoms with van der Waals surface area (Å²) < 4.78 is 11.8. The minimum atomic E-state index is 0.0840. The van der Waals surface area contributed by atoms with Gasteiger partial charge in [-0.15, -0.1) is 0 Å². The molecule has 0 aromatic heterocycles. The Morgan fingerprint density at radius 1 is 0.680 bits per heavy atom.